The Balaban J connectivity index is 0.00000306. The van der Waals surface area contributed by atoms with Gasteiger partial charge in [0, 0.05) is 62.5 Å². The molecule has 1 fully saturated rings. The molecule has 1 aliphatic heterocycles. The van der Waals surface area contributed by atoms with E-state index in [4.69, 9.17) is 16.2 Å². The van der Waals surface area contributed by atoms with Crippen LogP contribution in [0, 0.1) is 12.8 Å². The van der Waals surface area contributed by atoms with Crippen LogP contribution in [0.15, 0.2) is 43.0 Å². The molecule has 0 saturated carbocycles. The van der Waals surface area contributed by atoms with Gasteiger partial charge in [-0.05, 0) is 55.0 Å². The van der Waals surface area contributed by atoms with E-state index >= 15 is 0 Å². The number of nitrogens with two attached hydrogens (primary N) is 2. The number of carbonyl (C=O) groups excluding carboxylic acids is 1. The zero-order valence-electron chi connectivity index (χ0n) is 21.2. The zero-order valence-corrected chi connectivity index (χ0v) is 23.9. The summed E-state index contributed by atoms with van der Waals surface area (Å²) in [5.74, 6) is 0.734. The second kappa shape index (κ2) is 13.0. The summed E-state index contributed by atoms with van der Waals surface area (Å²) in [6.07, 6.45) is 5.76. The monoisotopic (exact) mass is 654 g/mol. The van der Waals surface area contributed by atoms with Crippen LogP contribution in [0.3, 0.4) is 0 Å². The Morgan fingerprint density at radius 1 is 1.40 bits per heavy atom. The molecular weight excluding hydrogens is 615 g/mol. The van der Waals surface area contributed by atoms with Gasteiger partial charge in [-0.1, -0.05) is 32.6 Å². The van der Waals surface area contributed by atoms with Crippen molar-refractivity contribution in [2.24, 2.45) is 11.1 Å². The average molecular weight is 654 g/mol. The molecule has 193 valence electrons. The fraction of sp³-hybridized carbons (Fsp3) is 0.407. The van der Waals surface area contributed by atoms with E-state index in [0.29, 0.717) is 30.3 Å². The number of aromatic amines is 1. The molecule has 0 spiro atoms. The van der Waals surface area contributed by atoms with E-state index in [-0.39, 0.29) is 56.9 Å². The SMILES string of the molecule is C=CC(=O)N(C)C1COCCC(c2cc(/C=C(\N)c3ccccc3O)c(N)[nH]2)CC1(C)CC.[CH3-].[Re]. The first-order valence-electron chi connectivity index (χ1n) is 11.4. The van der Waals surface area contributed by atoms with E-state index in [9.17, 15) is 9.90 Å². The maximum atomic E-state index is 12.3. The Bertz CT molecular complexity index is 1040. The summed E-state index contributed by atoms with van der Waals surface area (Å²) in [7, 11) is 1.82. The standard InChI is InChI=1S/C26H36N4O3.CH3.Re/c1-5-24(32)30(4)23-16-33-12-11-17(15-26(23,3)6-2)21-14-18(25(28)29-21)13-20(27)19-9-7-8-10-22(19)31;;/h5,7-10,13-14,17,23,29,31H,1,6,11-12,15-16,27-28H2,2-4H3;1H3;/q;-1;/b20-13-;;. The van der Waals surface area contributed by atoms with Gasteiger partial charge in [0.05, 0.1) is 12.6 Å². The number of rotatable bonds is 6. The van der Waals surface area contributed by atoms with E-state index in [0.717, 1.165) is 30.5 Å². The number of aromatic hydroxyl groups is 1. The van der Waals surface area contributed by atoms with Gasteiger partial charge in [-0.2, -0.15) is 0 Å². The van der Waals surface area contributed by atoms with Crippen LogP contribution in [0.25, 0.3) is 11.8 Å². The largest absolute Gasteiger partial charge is 0.507 e. The van der Waals surface area contributed by atoms with Crippen LogP contribution < -0.4 is 11.5 Å². The minimum absolute atomic E-state index is 0. The third kappa shape index (κ3) is 6.79. The minimum Gasteiger partial charge on any atom is -0.507 e. The molecule has 1 amide bonds. The van der Waals surface area contributed by atoms with E-state index < -0.39 is 0 Å². The molecule has 1 aliphatic rings. The summed E-state index contributed by atoms with van der Waals surface area (Å²) in [6.45, 7) is 9.11. The van der Waals surface area contributed by atoms with Gasteiger partial charge >= 0.3 is 0 Å². The number of amides is 1. The van der Waals surface area contributed by atoms with Gasteiger partial charge in [0.2, 0.25) is 5.91 Å². The maximum absolute atomic E-state index is 12.3. The molecule has 1 aromatic carbocycles. The van der Waals surface area contributed by atoms with Crippen LogP contribution in [-0.2, 0) is 30.0 Å². The third-order valence-corrected chi connectivity index (χ3v) is 7.07. The number of hydrogen-bond donors (Lipinski definition) is 4. The van der Waals surface area contributed by atoms with Crippen molar-refractivity contribution in [1.82, 2.24) is 9.88 Å². The molecular formula is C27H39N4O3Re-. The first-order chi connectivity index (χ1) is 15.7. The van der Waals surface area contributed by atoms with Gasteiger partial charge in [-0.25, -0.2) is 0 Å². The number of phenolic OH excluding ortho intramolecular Hbond substituents is 1. The van der Waals surface area contributed by atoms with Gasteiger partial charge in [0.1, 0.15) is 11.6 Å². The Morgan fingerprint density at radius 3 is 2.71 bits per heavy atom. The van der Waals surface area contributed by atoms with Crippen molar-refractivity contribution in [2.75, 3.05) is 26.0 Å². The average Bonchev–Trinajstić information content (AvgIpc) is 3.15. The van der Waals surface area contributed by atoms with Crippen LogP contribution in [-0.4, -0.2) is 47.2 Å². The van der Waals surface area contributed by atoms with Crippen LogP contribution >= 0.6 is 0 Å². The number of phenols is 1. The molecule has 1 saturated heterocycles. The number of H-pyrrole nitrogens is 1. The summed E-state index contributed by atoms with van der Waals surface area (Å²) >= 11 is 0. The van der Waals surface area contributed by atoms with E-state index in [1.165, 1.54) is 6.08 Å². The summed E-state index contributed by atoms with van der Waals surface area (Å²) in [5.41, 5.74) is 15.2. The first kappa shape index (κ1) is 30.5. The number of anilines is 1. The Kier molecular flexibility index (Phi) is 11.3. The smallest absolute Gasteiger partial charge is 0.246 e. The summed E-state index contributed by atoms with van der Waals surface area (Å²) in [4.78, 5) is 17.4. The molecule has 3 unspecified atom stereocenters. The van der Waals surface area contributed by atoms with Gasteiger partial charge < -0.3 is 38.6 Å². The number of carbonyl (C=O) groups is 1. The van der Waals surface area contributed by atoms with E-state index in [1.54, 1.807) is 29.2 Å². The molecule has 35 heavy (non-hydrogen) atoms. The molecule has 2 aromatic rings. The van der Waals surface area contributed by atoms with Gasteiger partial charge in [0.25, 0.3) is 0 Å². The summed E-state index contributed by atoms with van der Waals surface area (Å²) < 4.78 is 5.99. The molecule has 1 aromatic heterocycles. The fourth-order valence-corrected chi connectivity index (χ4v) is 4.76. The maximum Gasteiger partial charge on any atom is 0.246 e. The number of aromatic nitrogens is 1. The van der Waals surface area contributed by atoms with E-state index in [1.807, 2.05) is 19.2 Å². The van der Waals surface area contributed by atoms with Crippen molar-refractivity contribution in [3.05, 3.63) is 67.2 Å². The Morgan fingerprint density at radius 2 is 2.09 bits per heavy atom. The predicted octanol–water partition coefficient (Wildman–Crippen LogP) is 4.53. The molecule has 1 radical (unpaired) electrons. The van der Waals surface area contributed by atoms with E-state index in [2.05, 4.69) is 25.4 Å². The number of nitrogen functional groups attached to an aromatic ring is 1. The molecule has 0 aliphatic carbocycles. The topological polar surface area (TPSA) is 118 Å². The van der Waals surface area contributed by atoms with Crippen LogP contribution in [0.4, 0.5) is 5.82 Å². The van der Waals surface area contributed by atoms with Crippen molar-refractivity contribution < 1.29 is 35.1 Å². The van der Waals surface area contributed by atoms with Crippen LogP contribution in [0.5, 0.6) is 5.75 Å². The first-order valence-corrected chi connectivity index (χ1v) is 11.4. The van der Waals surface area contributed by atoms with Gasteiger partial charge in [0.15, 0.2) is 0 Å². The van der Waals surface area contributed by atoms with Crippen molar-refractivity contribution in [2.45, 2.75) is 45.1 Å². The number of nitrogens with one attached hydrogen (secondary N) is 1. The predicted molar refractivity (Wildman–Crippen MR) is 140 cm³/mol. The summed E-state index contributed by atoms with van der Waals surface area (Å²) in [6, 6.07) is 8.92. The molecule has 8 heteroatoms. The zero-order chi connectivity index (χ0) is 24.2. The second-order valence-corrected chi connectivity index (χ2v) is 9.15. The second-order valence-electron chi connectivity index (χ2n) is 9.15. The van der Waals surface area contributed by atoms with Gasteiger partial charge in [-0.15, -0.1) is 0 Å². The molecule has 0 bridgehead atoms. The number of para-hydroxylation sites is 1. The number of benzene rings is 1. The fourth-order valence-electron chi connectivity index (χ4n) is 4.76. The number of likely N-dealkylation sites (N-methyl/N-ethyl adjacent to an activating group) is 1. The Hall–Kier alpha value is -2.53. The minimum atomic E-state index is -0.150. The van der Waals surface area contributed by atoms with Crippen molar-refractivity contribution in [1.29, 1.82) is 0 Å². The van der Waals surface area contributed by atoms with Crippen molar-refractivity contribution in [3.8, 4) is 5.75 Å². The molecule has 3 atom stereocenters. The molecule has 3 rings (SSSR count). The van der Waals surface area contributed by atoms with Crippen LogP contribution in [0.1, 0.15) is 55.8 Å². The van der Waals surface area contributed by atoms with Crippen molar-refractivity contribution in [3.63, 3.8) is 0 Å². The normalized spacial score (nSPS) is 22.7. The quantitative estimate of drug-likeness (QED) is 0.270. The van der Waals surface area contributed by atoms with Gasteiger partial charge in [-0.3, -0.25) is 4.79 Å². The molecule has 2 heterocycles. The molecule has 6 N–H and O–H groups in total. The van der Waals surface area contributed by atoms with Crippen molar-refractivity contribution >= 4 is 23.5 Å². The molecule has 7 nitrogen and oxygen atoms in total. The number of ether oxygens (including phenoxy) is 1. The van der Waals surface area contributed by atoms with Crippen LogP contribution in [0.2, 0.25) is 0 Å². The number of nitrogens with zero attached hydrogens (tertiary/aromatic N) is 1. The Labute approximate surface area is 223 Å². The third-order valence-electron chi connectivity index (χ3n) is 7.07. The number of hydrogen-bond acceptors (Lipinski definition) is 5. The summed E-state index contributed by atoms with van der Waals surface area (Å²) in [5, 5.41) is 10.1.